The zero-order chi connectivity index (χ0) is 16.5. The van der Waals surface area contributed by atoms with E-state index in [2.05, 4.69) is 20.9 Å². The number of carbonyl (C=O) groups is 2. The Morgan fingerprint density at radius 1 is 1.17 bits per heavy atom. The fraction of sp³-hybridized carbons (Fsp3) is 0.882. The van der Waals surface area contributed by atoms with Crippen molar-refractivity contribution in [3.63, 3.8) is 0 Å². The Balaban J connectivity index is 0.00000288. The van der Waals surface area contributed by atoms with Gasteiger partial charge in [-0.3, -0.25) is 14.5 Å². The molecule has 1 saturated heterocycles. The number of nitrogens with zero attached hydrogens (tertiary/aromatic N) is 1. The summed E-state index contributed by atoms with van der Waals surface area (Å²) in [6, 6.07) is -0.0939. The number of rotatable bonds is 7. The maximum Gasteiger partial charge on any atom is 0.223 e. The molecule has 1 aliphatic carbocycles. The van der Waals surface area contributed by atoms with Crippen molar-refractivity contribution >= 4 is 24.2 Å². The lowest BCUT2D eigenvalue weighted by atomic mass is 9.88. The highest BCUT2D eigenvalue weighted by molar-refractivity contribution is 5.85. The monoisotopic (exact) mass is 360 g/mol. The van der Waals surface area contributed by atoms with Crippen molar-refractivity contribution in [2.45, 2.75) is 51.5 Å². The highest BCUT2D eigenvalue weighted by Crippen LogP contribution is 2.23. The molecule has 0 spiro atoms. The standard InChI is InChI=1S/C17H32N4O2.ClH/c1-14(20-17(23)15-5-3-2-4-6-15)13-16(22)19-9-12-21-10-7-18-8-11-21;/h14-15,18H,2-13H2,1H3,(H,19,22)(H,20,23);1H. The molecule has 7 heteroatoms. The molecule has 0 aromatic carbocycles. The van der Waals surface area contributed by atoms with Crippen molar-refractivity contribution in [3.05, 3.63) is 0 Å². The summed E-state index contributed by atoms with van der Waals surface area (Å²) in [5.41, 5.74) is 0. The summed E-state index contributed by atoms with van der Waals surface area (Å²) in [5, 5.41) is 9.28. The van der Waals surface area contributed by atoms with Crippen LogP contribution in [0.15, 0.2) is 0 Å². The van der Waals surface area contributed by atoms with Crippen LogP contribution >= 0.6 is 12.4 Å². The summed E-state index contributed by atoms with van der Waals surface area (Å²) in [5.74, 6) is 0.310. The van der Waals surface area contributed by atoms with E-state index in [0.29, 0.717) is 13.0 Å². The molecule has 0 aromatic heterocycles. The normalized spacial score (nSPS) is 20.7. The molecule has 24 heavy (non-hydrogen) atoms. The predicted molar refractivity (Wildman–Crippen MR) is 98.4 cm³/mol. The van der Waals surface area contributed by atoms with E-state index in [0.717, 1.165) is 58.4 Å². The molecule has 140 valence electrons. The van der Waals surface area contributed by atoms with E-state index in [1.165, 1.54) is 6.42 Å². The minimum Gasteiger partial charge on any atom is -0.355 e. The number of nitrogens with one attached hydrogen (secondary N) is 3. The minimum atomic E-state index is -0.0939. The van der Waals surface area contributed by atoms with Crippen molar-refractivity contribution in [1.29, 1.82) is 0 Å². The molecule has 1 atom stereocenters. The molecule has 1 aliphatic heterocycles. The maximum absolute atomic E-state index is 12.2. The highest BCUT2D eigenvalue weighted by atomic mass is 35.5. The molecule has 1 saturated carbocycles. The van der Waals surface area contributed by atoms with Gasteiger partial charge in [0.2, 0.25) is 11.8 Å². The molecule has 6 nitrogen and oxygen atoms in total. The van der Waals surface area contributed by atoms with E-state index in [-0.39, 0.29) is 36.2 Å². The van der Waals surface area contributed by atoms with Gasteiger partial charge in [-0.05, 0) is 19.8 Å². The first-order valence-corrected chi connectivity index (χ1v) is 9.15. The van der Waals surface area contributed by atoms with Gasteiger partial charge in [-0.25, -0.2) is 0 Å². The van der Waals surface area contributed by atoms with E-state index >= 15 is 0 Å². The SMILES string of the molecule is CC(CC(=O)NCCN1CCNCC1)NC(=O)C1CCCCC1.Cl. The molecule has 1 heterocycles. The summed E-state index contributed by atoms with van der Waals surface area (Å²) < 4.78 is 0. The Bertz CT molecular complexity index is 383. The number of carbonyl (C=O) groups excluding carboxylic acids is 2. The van der Waals surface area contributed by atoms with Crippen LogP contribution in [-0.2, 0) is 9.59 Å². The van der Waals surface area contributed by atoms with Crippen LogP contribution in [0.2, 0.25) is 0 Å². The van der Waals surface area contributed by atoms with Crippen LogP contribution in [0.25, 0.3) is 0 Å². The van der Waals surface area contributed by atoms with E-state index in [1.807, 2.05) is 6.92 Å². The van der Waals surface area contributed by atoms with Crippen LogP contribution in [0, 0.1) is 5.92 Å². The highest BCUT2D eigenvalue weighted by Gasteiger charge is 2.22. The van der Waals surface area contributed by atoms with E-state index in [9.17, 15) is 9.59 Å². The molecule has 1 unspecified atom stereocenters. The predicted octanol–water partition coefficient (Wildman–Crippen LogP) is 0.905. The van der Waals surface area contributed by atoms with Crippen molar-refractivity contribution in [1.82, 2.24) is 20.9 Å². The lowest BCUT2D eigenvalue weighted by molar-refractivity contribution is -0.127. The van der Waals surface area contributed by atoms with Crippen LogP contribution in [0.5, 0.6) is 0 Å². The Hall–Kier alpha value is -0.850. The Labute approximate surface area is 151 Å². The van der Waals surface area contributed by atoms with E-state index in [4.69, 9.17) is 0 Å². The lowest BCUT2D eigenvalue weighted by Gasteiger charge is -2.27. The Morgan fingerprint density at radius 3 is 2.50 bits per heavy atom. The molecule has 0 bridgehead atoms. The Kier molecular flexibility index (Phi) is 10.3. The summed E-state index contributed by atoms with van der Waals surface area (Å²) in [6.45, 7) is 7.64. The number of halogens is 1. The van der Waals surface area contributed by atoms with Gasteiger partial charge in [0, 0.05) is 57.6 Å². The molecule has 2 aliphatic rings. The first kappa shape index (κ1) is 21.2. The molecule has 0 aromatic rings. The largest absolute Gasteiger partial charge is 0.355 e. The Morgan fingerprint density at radius 2 is 1.83 bits per heavy atom. The molecule has 0 radical (unpaired) electrons. The third-order valence-corrected chi connectivity index (χ3v) is 4.82. The number of piperazine rings is 1. The summed E-state index contributed by atoms with van der Waals surface area (Å²) in [4.78, 5) is 26.5. The molecular formula is C17H33ClN4O2. The van der Waals surface area contributed by atoms with Crippen LogP contribution in [0.3, 0.4) is 0 Å². The molecule has 2 rings (SSSR count). The third kappa shape index (κ3) is 7.81. The number of amides is 2. The fourth-order valence-electron chi connectivity index (χ4n) is 3.41. The third-order valence-electron chi connectivity index (χ3n) is 4.82. The average molecular weight is 361 g/mol. The van der Waals surface area contributed by atoms with Crippen molar-refractivity contribution < 1.29 is 9.59 Å². The van der Waals surface area contributed by atoms with Gasteiger partial charge < -0.3 is 16.0 Å². The average Bonchev–Trinajstić information content (AvgIpc) is 2.56. The van der Waals surface area contributed by atoms with Crippen LogP contribution in [0.4, 0.5) is 0 Å². The second kappa shape index (κ2) is 11.7. The summed E-state index contributed by atoms with van der Waals surface area (Å²) >= 11 is 0. The first-order chi connectivity index (χ1) is 11.1. The minimum absolute atomic E-state index is 0. The quantitative estimate of drug-likeness (QED) is 0.631. The molecule has 2 fully saturated rings. The van der Waals surface area contributed by atoms with Gasteiger partial charge in [-0.1, -0.05) is 19.3 Å². The zero-order valence-electron chi connectivity index (χ0n) is 14.8. The van der Waals surface area contributed by atoms with E-state index < -0.39 is 0 Å². The molecule has 3 N–H and O–H groups in total. The van der Waals surface area contributed by atoms with Gasteiger partial charge in [0.05, 0.1) is 0 Å². The van der Waals surface area contributed by atoms with Gasteiger partial charge in [0.25, 0.3) is 0 Å². The number of hydrogen-bond donors (Lipinski definition) is 3. The van der Waals surface area contributed by atoms with Gasteiger partial charge in [-0.2, -0.15) is 0 Å². The fourth-order valence-corrected chi connectivity index (χ4v) is 3.41. The number of hydrogen-bond acceptors (Lipinski definition) is 4. The summed E-state index contributed by atoms with van der Waals surface area (Å²) in [6.07, 6.45) is 5.90. The maximum atomic E-state index is 12.2. The van der Waals surface area contributed by atoms with Crippen molar-refractivity contribution in [2.24, 2.45) is 5.92 Å². The van der Waals surface area contributed by atoms with Crippen molar-refractivity contribution in [3.8, 4) is 0 Å². The molecular weight excluding hydrogens is 328 g/mol. The topological polar surface area (TPSA) is 73.5 Å². The lowest BCUT2D eigenvalue weighted by Crippen LogP contribution is -2.46. The van der Waals surface area contributed by atoms with Crippen LogP contribution < -0.4 is 16.0 Å². The van der Waals surface area contributed by atoms with Crippen LogP contribution in [0.1, 0.15) is 45.4 Å². The molecule has 2 amide bonds. The second-order valence-electron chi connectivity index (χ2n) is 6.89. The first-order valence-electron chi connectivity index (χ1n) is 9.15. The van der Waals surface area contributed by atoms with E-state index in [1.54, 1.807) is 0 Å². The summed E-state index contributed by atoms with van der Waals surface area (Å²) in [7, 11) is 0. The van der Waals surface area contributed by atoms with Gasteiger partial charge in [0.1, 0.15) is 0 Å². The smallest absolute Gasteiger partial charge is 0.223 e. The zero-order valence-corrected chi connectivity index (χ0v) is 15.6. The van der Waals surface area contributed by atoms with Gasteiger partial charge in [-0.15, -0.1) is 12.4 Å². The second-order valence-corrected chi connectivity index (χ2v) is 6.89. The van der Waals surface area contributed by atoms with Crippen LogP contribution in [-0.4, -0.2) is 62.0 Å². The van der Waals surface area contributed by atoms with Gasteiger partial charge in [0.15, 0.2) is 0 Å². The van der Waals surface area contributed by atoms with Crippen molar-refractivity contribution in [2.75, 3.05) is 39.3 Å². The van der Waals surface area contributed by atoms with Gasteiger partial charge >= 0.3 is 0 Å².